The molecule has 1 atom stereocenters. The lowest BCUT2D eigenvalue weighted by Gasteiger charge is -2.41. The van der Waals surface area contributed by atoms with Crippen molar-refractivity contribution in [2.75, 3.05) is 46.5 Å². The molecule has 116 valence electrons. The van der Waals surface area contributed by atoms with Crippen LogP contribution in [0.5, 0.6) is 0 Å². The fourth-order valence-corrected chi connectivity index (χ4v) is 3.00. The van der Waals surface area contributed by atoms with Crippen molar-refractivity contribution in [2.24, 2.45) is 7.05 Å². The highest BCUT2D eigenvalue weighted by molar-refractivity contribution is 5.78. The zero-order valence-electron chi connectivity index (χ0n) is 12.6. The molecule has 21 heavy (non-hydrogen) atoms. The Morgan fingerprint density at radius 1 is 1.38 bits per heavy atom. The molecule has 1 aromatic rings. The van der Waals surface area contributed by atoms with Gasteiger partial charge in [0.25, 0.3) is 0 Å². The van der Waals surface area contributed by atoms with Gasteiger partial charge in [-0.1, -0.05) is 0 Å². The molecule has 0 radical (unpaired) electrons. The van der Waals surface area contributed by atoms with Gasteiger partial charge in [-0.2, -0.15) is 5.10 Å². The number of rotatable bonds is 2. The van der Waals surface area contributed by atoms with Gasteiger partial charge >= 0.3 is 0 Å². The summed E-state index contributed by atoms with van der Waals surface area (Å²) in [6.45, 7) is 4.38. The normalized spacial score (nSPS) is 28.1. The van der Waals surface area contributed by atoms with Gasteiger partial charge in [-0.05, 0) is 0 Å². The quantitative estimate of drug-likeness (QED) is 0.734. The van der Waals surface area contributed by atoms with Crippen LogP contribution in [0.1, 0.15) is 5.56 Å². The molecule has 2 aliphatic rings. The summed E-state index contributed by atoms with van der Waals surface area (Å²) in [6, 6.07) is 0. The standard InChI is InChI=1S/C14H22N4O3/c1-16-9-14(21-8-13(16)19)10-18(3-4-20-11-14)7-12-5-15-17(2)6-12/h5-6H,3-4,7-11H2,1-2H3/t14-/m0/s1. The highest BCUT2D eigenvalue weighted by Gasteiger charge is 2.41. The van der Waals surface area contributed by atoms with E-state index in [0.717, 1.165) is 19.6 Å². The lowest BCUT2D eigenvalue weighted by molar-refractivity contribution is -0.170. The minimum absolute atomic E-state index is 0.0312. The Morgan fingerprint density at radius 3 is 2.95 bits per heavy atom. The second kappa shape index (κ2) is 5.75. The topological polar surface area (TPSA) is 59.8 Å². The van der Waals surface area contributed by atoms with Crippen LogP contribution in [0.4, 0.5) is 0 Å². The van der Waals surface area contributed by atoms with E-state index in [9.17, 15) is 4.79 Å². The molecule has 0 saturated carbocycles. The maximum Gasteiger partial charge on any atom is 0.248 e. The van der Waals surface area contributed by atoms with Gasteiger partial charge in [-0.25, -0.2) is 0 Å². The highest BCUT2D eigenvalue weighted by Crippen LogP contribution is 2.23. The summed E-state index contributed by atoms with van der Waals surface area (Å²) < 4.78 is 13.4. The molecular formula is C14H22N4O3. The highest BCUT2D eigenvalue weighted by atomic mass is 16.6. The smallest absolute Gasteiger partial charge is 0.248 e. The third-order valence-corrected chi connectivity index (χ3v) is 4.05. The van der Waals surface area contributed by atoms with Crippen LogP contribution in [0, 0.1) is 0 Å². The molecule has 0 aliphatic carbocycles. The summed E-state index contributed by atoms with van der Waals surface area (Å²) in [7, 11) is 3.74. The van der Waals surface area contributed by atoms with E-state index in [1.165, 1.54) is 5.56 Å². The number of aryl methyl sites for hydroxylation is 1. The van der Waals surface area contributed by atoms with Gasteiger partial charge in [0.05, 0.1) is 26.0 Å². The number of hydrogen-bond donors (Lipinski definition) is 0. The van der Waals surface area contributed by atoms with E-state index < -0.39 is 5.60 Å². The van der Waals surface area contributed by atoms with Crippen LogP contribution in [0.2, 0.25) is 0 Å². The molecule has 0 bridgehead atoms. The number of amides is 1. The fraction of sp³-hybridized carbons (Fsp3) is 0.714. The average molecular weight is 294 g/mol. The molecule has 3 rings (SSSR count). The third kappa shape index (κ3) is 3.25. The van der Waals surface area contributed by atoms with Crippen molar-refractivity contribution in [1.82, 2.24) is 19.6 Å². The molecule has 2 aliphatic heterocycles. The minimum atomic E-state index is -0.415. The number of hydrogen-bond acceptors (Lipinski definition) is 5. The number of ether oxygens (including phenoxy) is 2. The van der Waals surface area contributed by atoms with Crippen molar-refractivity contribution >= 4 is 5.91 Å². The van der Waals surface area contributed by atoms with Gasteiger partial charge in [0.1, 0.15) is 12.2 Å². The van der Waals surface area contributed by atoms with Crippen molar-refractivity contribution in [2.45, 2.75) is 12.1 Å². The number of nitrogens with zero attached hydrogens (tertiary/aromatic N) is 4. The molecule has 2 saturated heterocycles. The number of carbonyl (C=O) groups excluding carboxylic acids is 1. The minimum Gasteiger partial charge on any atom is -0.377 e. The van der Waals surface area contributed by atoms with Crippen molar-refractivity contribution < 1.29 is 14.3 Å². The first-order valence-corrected chi connectivity index (χ1v) is 7.22. The Bertz CT molecular complexity index is 518. The van der Waals surface area contributed by atoms with Crippen molar-refractivity contribution in [1.29, 1.82) is 0 Å². The van der Waals surface area contributed by atoms with Crippen molar-refractivity contribution in [3.63, 3.8) is 0 Å². The Labute approximate surface area is 124 Å². The van der Waals surface area contributed by atoms with Crippen LogP contribution in [0.15, 0.2) is 12.4 Å². The fourth-order valence-electron chi connectivity index (χ4n) is 3.00. The van der Waals surface area contributed by atoms with Gasteiger partial charge in [-0.3, -0.25) is 14.4 Å². The lowest BCUT2D eigenvalue weighted by Crippen LogP contribution is -2.59. The van der Waals surface area contributed by atoms with Crippen LogP contribution in [0.3, 0.4) is 0 Å². The second-order valence-electron chi connectivity index (χ2n) is 6.01. The molecular weight excluding hydrogens is 272 g/mol. The van der Waals surface area contributed by atoms with Gasteiger partial charge in [0.2, 0.25) is 5.91 Å². The number of likely N-dealkylation sites (N-methyl/N-ethyl adjacent to an activating group) is 1. The van der Waals surface area contributed by atoms with Crippen LogP contribution in [0.25, 0.3) is 0 Å². The molecule has 2 fully saturated rings. The number of morpholine rings is 1. The van der Waals surface area contributed by atoms with E-state index in [1.807, 2.05) is 31.2 Å². The van der Waals surface area contributed by atoms with Crippen LogP contribution < -0.4 is 0 Å². The third-order valence-electron chi connectivity index (χ3n) is 4.05. The molecule has 1 spiro atoms. The maximum atomic E-state index is 11.6. The number of aromatic nitrogens is 2. The molecule has 3 heterocycles. The SMILES string of the molecule is CN1C[C@]2(COCCN(Cc3cnn(C)c3)C2)OCC1=O. The predicted molar refractivity (Wildman–Crippen MR) is 75.6 cm³/mol. The van der Waals surface area contributed by atoms with Gasteiger partial charge in [-0.15, -0.1) is 0 Å². The second-order valence-corrected chi connectivity index (χ2v) is 6.01. The summed E-state index contributed by atoms with van der Waals surface area (Å²) in [6.07, 6.45) is 3.91. The van der Waals surface area contributed by atoms with Crippen LogP contribution >= 0.6 is 0 Å². The molecule has 0 unspecified atom stereocenters. The zero-order valence-corrected chi connectivity index (χ0v) is 12.6. The first-order valence-electron chi connectivity index (χ1n) is 7.22. The predicted octanol–water partition coefficient (Wildman–Crippen LogP) is -0.520. The summed E-state index contributed by atoms with van der Waals surface area (Å²) in [5, 5.41) is 4.21. The monoisotopic (exact) mass is 294 g/mol. The van der Waals surface area contributed by atoms with Gasteiger partial charge < -0.3 is 14.4 Å². The van der Waals surface area contributed by atoms with Crippen LogP contribution in [-0.2, 0) is 27.9 Å². The first kappa shape index (κ1) is 14.5. The lowest BCUT2D eigenvalue weighted by atomic mass is 10.0. The molecule has 1 aromatic heterocycles. The number of carbonyl (C=O) groups is 1. The summed E-state index contributed by atoms with van der Waals surface area (Å²) in [5.41, 5.74) is 0.760. The largest absolute Gasteiger partial charge is 0.377 e. The molecule has 0 N–H and O–H groups in total. The van der Waals surface area contributed by atoms with Crippen molar-refractivity contribution in [3.8, 4) is 0 Å². The molecule has 0 aromatic carbocycles. The van der Waals surface area contributed by atoms with E-state index in [1.54, 1.807) is 4.90 Å². The Morgan fingerprint density at radius 2 is 2.24 bits per heavy atom. The van der Waals surface area contributed by atoms with Crippen molar-refractivity contribution in [3.05, 3.63) is 18.0 Å². The van der Waals surface area contributed by atoms with E-state index >= 15 is 0 Å². The zero-order chi connectivity index (χ0) is 14.9. The van der Waals surface area contributed by atoms with E-state index in [0.29, 0.717) is 19.8 Å². The molecule has 1 amide bonds. The summed E-state index contributed by atoms with van der Waals surface area (Å²) in [4.78, 5) is 15.7. The summed E-state index contributed by atoms with van der Waals surface area (Å²) >= 11 is 0. The maximum absolute atomic E-state index is 11.6. The Kier molecular flexibility index (Phi) is 3.97. The Balaban J connectivity index is 1.70. The van der Waals surface area contributed by atoms with Gasteiger partial charge in [0, 0.05) is 45.5 Å². The van der Waals surface area contributed by atoms with Crippen LogP contribution in [-0.4, -0.2) is 77.6 Å². The van der Waals surface area contributed by atoms with E-state index in [4.69, 9.17) is 9.47 Å². The average Bonchev–Trinajstić information content (AvgIpc) is 2.74. The summed E-state index contributed by atoms with van der Waals surface area (Å²) in [5.74, 6) is 0.0312. The van der Waals surface area contributed by atoms with E-state index in [-0.39, 0.29) is 12.5 Å². The first-order chi connectivity index (χ1) is 10.1. The molecule has 7 nitrogen and oxygen atoms in total. The Hall–Kier alpha value is -1.44. The van der Waals surface area contributed by atoms with Gasteiger partial charge in [0.15, 0.2) is 0 Å². The molecule has 7 heteroatoms. The van der Waals surface area contributed by atoms with E-state index in [2.05, 4.69) is 10.00 Å².